The maximum atomic E-state index is 12.6. The summed E-state index contributed by atoms with van der Waals surface area (Å²) in [6, 6.07) is 0. The Morgan fingerprint density at radius 3 is 2.08 bits per heavy atom. The van der Waals surface area contributed by atoms with Crippen molar-refractivity contribution in [1.82, 2.24) is 5.32 Å². The summed E-state index contributed by atoms with van der Waals surface area (Å²) in [6.07, 6.45) is -5.55. The van der Waals surface area contributed by atoms with Crippen LogP contribution in [-0.4, -0.2) is 25.2 Å². The first kappa shape index (κ1) is 12.9. The van der Waals surface area contributed by atoms with Gasteiger partial charge in [-0.15, -0.1) is 12.4 Å². The number of piperidine rings is 1. The van der Waals surface area contributed by atoms with Gasteiger partial charge in [0, 0.05) is 19.5 Å². The van der Waals surface area contributed by atoms with E-state index in [-0.39, 0.29) is 19.0 Å². The van der Waals surface area contributed by atoms with Crippen LogP contribution in [0.3, 0.4) is 0 Å². The number of nitrogens with one attached hydrogen (secondary N) is 1. The minimum Gasteiger partial charge on any atom is -0.316 e. The van der Waals surface area contributed by atoms with Gasteiger partial charge in [-0.05, 0) is 0 Å². The summed E-state index contributed by atoms with van der Waals surface area (Å²) < 4.78 is 61.0. The van der Waals surface area contributed by atoms with Crippen molar-refractivity contribution < 1.29 is 22.0 Å². The van der Waals surface area contributed by atoms with Crippen LogP contribution in [0.5, 0.6) is 0 Å². The molecule has 0 saturated carbocycles. The number of rotatable bonds is 0. The second-order valence-electron chi connectivity index (χ2n) is 2.81. The monoisotopic (exact) mass is 225 g/mol. The normalized spacial score (nSPS) is 27.9. The molecule has 0 aromatic rings. The van der Waals surface area contributed by atoms with Gasteiger partial charge in [-0.1, -0.05) is 0 Å². The van der Waals surface area contributed by atoms with E-state index in [0.29, 0.717) is 0 Å². The maximum absolute atomic E-state index is 12.6. The highest BCUT2D eigenvalue weighted by molar-refractivity contribution is 5.85. The molecule has 0 amide bonds. The van der Waals surface area contributed by atoms with Crippen molar-refractivity contribution in [3.63, 3.8) is 0 Å². The van der Waals surface area contributed by atoms with Crippen LogP contribution in [0.15, 0.2) is 0 Å². The van der Waals surface area contributed by atoms with Crippen LogP contribution in [0.1, 0.15) is 6.42 Å². The molecule has 1 fully saturated rings. The van der Waals surface area contributed by atoms with E-state index in [0.717, 1.165) is 0 Å². The van der Waals surface area contributed by atoms with E-state index in [1.54, 1.807) is 0 Å². The van der Waals surface area contributed by atoms with Gasteiger partial charge < -0.3 is 5.32 Å². The fourth-order valence-electron chi connectivity index (χ4n) is 1.18. The molecule has 1 nitrogen and oxygen atoms in total. The van der Waals surface area contributed by atoms with Gasteiger partial charge in [0.2, 0.25) is 0 Å². The summed E-state index contributed by atoms with van der Waals surface area (Å²) in [4.78, 5) is 0. The maximum Gasteiger partial charge on any atom is 0.398 e. The molecule has 1 atom stereocenters. The van der Waals surface area contributed by atoms with Crippen molar-refractivity contribution in [3.8, 4) is 0 Å². The Labute approximate surface area is 78.1 Å². The summed E-state index contributed by atoms with van der Waals surface area (Å²) in [5, 5.41) is 2.30. The molecule has 0 aliphatic carbocycles. The van der Waals surface area contributed by atoms with Crippen molar-refractivity contribution in [2.75, 3.05) is 13.1 Å². The van der Waals surface area contributed by atoms with Crippen LogP contribution < -0.4 is 5.32 Å². The molecule has 0 bridgehead atoms. The Hall–Kier alpha value is -0.100. The van der Waals surface area contributed by atoms with E-state index in [1.165, 1.54) is 0 Å². The Morgan fingerprint density at radius 1 is 1.23 bits per heavy atom. The Bertz CT molecular complexity index is 169. The number of hydrogen-bond acceptors (Lipinski definition) is 1. The van der Waals surface area contributed by atoms with Gasteiger partial charge in [0.25, 0.3) is 5.92 Å². The second kappa shape index (κ2) is 3.96. The molecule has 13 heavy (non-hydrogen) atoms. The summed E-state index contributed by atoms with van der Waals surface area (Å²) >= 11 is 0. The smallest absolute Gasteiger partial charge is 0.316 e. The third-order valence-corrected chi connectivity index (χ3v) is 1.89. The first-order chi connectivity index (χ1) is 5.34. The first-order valence-electron chi connectivity index (χ1n) is 3.49. The fraction of sp³-hybridized carbons (Fsp3) is 1.00. The van der Waals surface area contributed by atoms with Crippen LogP contribution >= 0.6 is 12.4 Å². The van der Waals surface area contributed by atoms with E-state index in [1.807, 2.05) is 0 Å². The lowest BCUT2D eigenvalue weighted by Crippen LogP contribution is -2.51. The standard InChI is InChI=1S/C6H8F5N.ClH/c7-5(8)1-2-12-3-4(5)6(9,10)11;/h4,12H,1-3H2;1H. The van der Waals surface area contributed by atoms with Crippen molar-refractivity contribution in [2.24, 2.45) is 5.92 Å². The van der Waals surface area contributed by atoms with E-state index < -0.39 is 31.0 Å². The molecule has 1 heterocycles. The first-order valence-corrected chi connectivity index (χ1v) is 3.49. The quantitative estimate of drug-likeness (QED) is 0.624. The molecule has 0 radical (unpaired) electrons. The van der Waals surface area contributed by atoms with Gasteiger partial charge in [0.1, 0.15) is 5.92 Å². The molecule has 80 valence electrons. The molecule has 0 aromatic heterocycles. The molecule has 1 aliphatic rings. The molecule has 1 unspecified atom stereocenters. The largest absolute Gasteiger partial charge is 0.398 e. The lowest BCUT2D eigenvalue weighted by molar-refractivity contribution is -0.245. The third-order valence-electron chi connectivity index (χ3n) is 1.89. The van der Waals surface area contributed by atoms with Crippen molar-refractivity contribution in [2.45, 2.75) is 18.5 Å². The lowest BCUT2D eigenvalue weighted by atomic mass is 9.94. The van der Waals surface area contributed by atoms with Crippen molar-refractivity contribution >= 4 is 12.4 Å². The SMILES string of the molecule is Cl.FC(F)(F)C1CNCCC1(F)F. The molecule has 7 heteroatoms. The zero-order valence-electron chi connectivity index (χ0n) is 6.50. The van der Waals surface area contributed by atoms with Gasteiger partial charge >= 0.3 is 6.18 Å². The van der Waals surface area contributed by atoms with Crippen LogP contribution in [0.4, 0.5) is 22.0 Å². The van der Waals surface area contributed by atoms with Crippen LogP contribution in [-0.2, 0) is 0 Å². The highest BCUT2D eigenvalue weighted by atomic mass is 35.5. The molecule has 1 saturated heterocycles. The van der Waals surface area contributed by atoms with Crippen molar-refractivity contribution in [3.05, 3.63) is 0 Å². The van der Waals surface area contributed by atoms with Crippen LogP contribution in [0.2, 0.25) is 0 Å². The average Bonchev–Trinajstić information content (AvgIpc) is 1.83. The van der Waals surface area contributed by atoms with Crippen molar-refractivity contribution in [1.29, 1.82) is 0 Å². The van der Waals surface area contributed by atoms with Crippen LogP contribution in [0.25, 0.3) is 0 Å². The van der Waals surface area contributed by atoms with Gasteiger partial charge in [-0.2, -0.15) is 13.2 Å². The summed E-state index contributed by atoms with van der Waals surface area (Å²) in [6.45, 7) is -0.740. The van der Waals surface area contributed by atoms with E-state index in [2.05, 4.69) is 5.32 Å². The molecule has 0 spiro atoms. The Morgan fingerprint density at radius 2 is 1.77 bits per heavy atom. The fourth-order valence-corrected chi connectivity index (χ4v) is 1.18. The topological polar surface area (TPSA) is 12.0 Å². The van der Waals surface area contributed by atoms with Gasteiger partial charge in [0.05, 0.1) is 0 Å². The molecular weight excluding hydrogens is 217 g/mol. The predicted octanol–water partition coefficient (Wildman–Crippen LogP) is 2.22. The number of alkyl halides is 5. The number of halogens is 6. The molecular formula is C6H9ClF5N. The van der Waals surface area contributed by atoms with E-state index >= 15 is 0 Å². The second-order valence-corrected chi connectivity index (χ2v) is 2.81. The zero-order valence-corrected chi connectivity index (χ0v) is 7.31. The molecule has 0 aromatic carbocycles. The third kappa shape index (κ3) is 2.95. The summed E-state index contributed by atoms with van der Waals surface area (Å²) in [5.41, 5.74) is 0. The zero-order chi connectivity index (χ0) is 9.41. The lowest BCUT2D eigenvalue weighted by Gasteiger charge is -2.32. The van der Waals surface area contributed by atoms with E-state index in [4.69, 9.17) is 0 Å². The minimum absolute atomic E-state index is 0. The molecule has 1 N–H and O–H groups in total. The summed E-state index contributed by atoms with van der Waals surface area (Å²) in [5.74, 6) is -6.14. The predicted molar refractivity (Wildman–Crippen MR) is 39.2 cm³/mol. The van der Waals surface area contributed by atoms with Gasteiger partial charge in [0.15, 0.2) is 0 Å². The Kier molecular flexibility index (Phi) is 3.93. The molecule has 1 aliphatic heterocycles. The highest BCUT2D eigenvalue weighted by Gasteiger charge is 2.56. The van der Waals surface area contributed by atoms with Crippen LogP contribution in [0, 0.1) is 5.92 Å². The Balaban J connectivity index is 0.00000144. The van der Waals surface area contributed by atoms with Gasteiger partial charge in [-0.3, -0.25) is 0 Å². The average molecular weight is 226 g/mol. The summed E-state index contributed by atoms with van der Waals surface area (Å²) in [7, 11) is 0. The highest BCUT2D eigenvalue weighted by Crippen LogP contribution is 2.41. The van der Waals surface area contributed by atoms with Gasteiger partial charge in [-0.25, -0.2) is 8.78 Å². The molecule has 1 rings (SSSR count). The number of hydrogen-bond donors (Lipinski definition) is 1. The van der Waals surface area contributed by atoms with E-state index in [9.17, 15) is 22.0 Å². The minimum atomic E-state index is -4.81.